The van der Waals surface area contributed by atoms with E-state index in [-0.39, 0.29) is 10.8 Å². The lowest BCUT2D eigenvalue weighted by Crippen LogP contribution is -2.39. The molecule has 0 amide bonds. The fourth-order valence-electron chi connectivity index (χ4n) is 1.97. The van der Waals surface area contributed by atoms with Crippen molar-refractivity contribution in [2.45, 2.75) is 25.2 Å². The van der Waals surface area contributed by atoms with Crippen LogP contribution in [-0.4, -0.2) is 42.3 Å². The lowest BCUT2D eigenvalue weighted by atomic mass is 10.1. The molecule has 0 aliphatic carbocycles. The Morgan fingerprint density at radius 2 is 1.95 bits per heavy atom. The molecular formula is C12H12ClF3N2O. The first-order valence-corrected chi connectivity index (χ1v) is 6.19. The Bertz CT molecular complexity index is 458. The molecule has 19 heavy (non-hydrogen) atoms. The van der Waals surface area contributed by atoms with E-state index in [9.17, 15) is 18.0 Å². The lowest BCUT2D eigenvalue weighted by molar-refractivity contribution is -0.121. The standard InChI is InChI=1S/C12H12ClF3N2O/c13-9-5-8(12(14,15)16)7-17-11(6-9)18-3-1-10(19)2-4-18/h5-7,11H,1-4H2. The normalized spacial score (nSPS) is 25.9. The first-order valence-electron chi connectivity index (χ1n) is 5.81. The number of nitrogens with zero attached hydrogens (tertiary/aromatic N) is 2. The Labute approximate surface area is 113 Å². The van der Waals surface area contributed by atoms with Gasteiger partial charge in [0.2, 0.25) is 0 Å². The zero-order valence-electron chi connectivity index (χ0n) is 9.95. The molecule has 104 valence electrons. The van der Waals surface area contributed by atoms with Crippen molar-refractivity contribution < 1.29 is 18.0 Å². The van der Waals surface area contributed by atoms with Crippen LogP contribution < -0.4 is 0 Å². The Morgan fingerprint density at radius 3 is 2.53 bits per heavy atom. The third kappa shape index (κ3) is 3.67. The summed E-state index contributed by atoms with van der Waals surface area (Å²) in [5.41, 5.74) is -0.871. The summed E-state index contributed by atoms with van der Waals surface area (Å²) in [6.07, 6.45) is -1.09. The number of piperidine rings is 1. The summed E-state index contributed by atoms with van der Waals surface area (Å²) in [7, 11) is 0. The number of allylic oxidation sites excluding steroid dienone is 3. The van der Waals surface area contributed by atoms with Gasteiger partial charge in [-0.1, -0.05) is 11.6 Å². The second kappa shape index (κ2) is 5.46. The van der Waals surface area contributed by atoms with Gasteiger partial charge >= 0.3 is 6.18 Å². The summed E-state index contributed by atoms with van der Waals surface area (Å²) in [4.78, 5) is 16.9. The van der Waals surface area contributed by atoms with Crippen LogP contribution in [0, 0.1) is 0 Å². The quantitative estimate of drug-likeness (QED) is 0.744. The van der Waals surface area contributed by atoms with Crippen LogP contribution in [0.15, 0.2) is 27.7 Å². The summed E-state index contributed by atoms with van der Waals surface area (Å²) in [6, 6.07) is 0. The van der Waals surface area contributed by atoms with E-state index in [1.807, 2.05) is 4.90 Å². The second-order valence-corrected chi connectivity index (χ2v) is 4.85. The molecule has 3 nitrogen and oxygen atoms in total. The van der Waals surface area contributed by atoms with Crippen molar-refractivity contribution in [1.29, 1.82) is 0 Å². The van der Waals surface area contributed by atoms with Gasteiger partial charge in [-0.05, 0) is 12.2 Å². The molecule has 1 unspecified atom stereocenters. The van der Waals surface area contributed by atoms with Crippen LogP contribution in [0.5, 0.6) is 0 Å². The highest BCUT2D eigenvalue weighted by molar-refractivity contribution is 6.31. The predicted molar refractivity (Wildman–Crippen MR) is 66.2 cm³/mol. The van der Waals surface area contributed by atoms with Crippen LogP contribution in [-0.2, 0) is 4.79 Å². The largest absolute Gasteiger partial charge is 0.417 e. The van der Waals surface area contributed by atoms with Gasteiger partial charge in [-0.3, -0.25) is 14.7 Å². The minimum Gasteiger partial charge on any atom is -0.300 e. The number of alkyl halides is 3. The second-order valence-electron chi connectivity index (χ2n) is 4.42. The molecule has 0 saturated carbocycles. The number of halogens is 4. The Kier molecular flexibility index (Phi) is 4.10. The SMILES string of the molecule is O=C1CCN(C2C=C(Cl)C=C(C(F)(F)F)C=N2)CC1. The van der Waals surface area contributed by atoms with Crippen LogP contribution in [0.25, 0.3) is 0 Å². The van der Waals surface area contributed by atoms with E-state index in [1.54, 1.807) is 0 Å². The van der Waals surface area contributed by atoms with Gasteiger partial charge in [0.05, 0.1) is 5.57 Å². The molecular weight excluding hydrogens is 281 g/mol. The molecule has 0 N–H and O–H groups in total. The molecule has 0 spiro atoms. The molecule has 0 aromatic carbocycles. The van der Waals surface area contributed by atoms with E-state index in [2.05, 4.69) is 4.99 Å². The summed E-state index contributed by atoms with van der Waals surface area (Å²) in [5.74, 6) is 0.165. The number of hydrogen-bond acceptors (Lipinski definition) is 3. The molecule has 2 aliphatic heterocycles. The van der Waals surface area contributed by atoms with Crippen molar-refractivity contribution in [3.05, 3.63) is 22.8 Å². The number of ketones is 1. The minimum atomic E-state index is -4.47. The highest BCUT2D eigenvalue weighted by atomic mass is 35.5. The zero-order valence-corrected chi connectivity index (χ0v) is 10.7. The van der Waals surface area contributed by atoms with Crippen molar-refractivity contribution in [3.8, 4) is 0 Å². The van der Waals surface area contributed by atoms with Crippen LogP contribution in [0.1, 0.15) is 12.8 Å². The number of Topliss-reactive ketones (excluding diaryl/α,β-unsaturated/α-hetero) is 1. The highest BCUT2D eigenvalue weighted by Gasteiger charge is 2.34. The molecule has 1 fully saturated rings. The first-order chi connectivity index (χ1) is 8.86. The number of aliphatic imine (C=N–C) groups is 1. The Hall–Kier alpha value is -1.14. The van der Waals surface area contributed by atoms with Crippen molar-refractivity contribution in [3.63, 3.8) is 0 Å². The molecule has 2 aliphatic rings. The van der Waals surface area contributed by atoms with Gasteiger partial charge in [-0.25, -0.2) is 0 Å². The molecule has 2 rings (SSSR count). The summed E-state index contributed by atoms with van der Waals surface area (Å²) in [6.45, 7) is 0.978. The third-order valence-electron chi connectivity index (χ3n) is 3.03. The molecule has 1 saturated heterocycles. The first kappa shape index (κ1) is 14.3. The monoisotopic (exact) mass is 292 g/mol. The number of carbonyl (C=O) groups excluding carboxylic acids is 1. The van der Waals surface area contributed by atoms with Crippen molar-refractivity contribution in [2.24, 2.45) is 4.99 Å². The number of likely N-dealkylation sites (tertiary alicyclic amines) is 1. The Balaban J connectivity index is 2.14. The lowest BCUT2D eigenvalue weighted by Gasteiger charge is -2.29. The van der Waals surface area contributed by atoms with E-state index in [0.29, 0.717) is 25.9 Å². The average molecular weight is 293 g/mol. The van der Waals surface area contributed by atoms with Gasteiger partial charge < -0.3 is 0 Å². The van der Waals surface area contributed by atoms with Crippen LogP contribution in [0.3, 0.4) is 0 Å². The molecule has 2 heterocycles. The van der Waals surface area contributed by atoms with Crippen molar-refractivity contribution in [2.75, 3.05) is 13.1 Å². The Morgan fingerprint density at radius 1 is 1.32 bits per heavy atom. The zero-order chi connectivity index (χ0) is 14.0. The third-order valence-corrected chi connectivity index (χ3v) is 3.26. The number of hydrogen-bond donors (Lipinski definition) is 0. The predicted octanol–water partition coefficient (Wildman–Crippen LogP) is 2.67. The van der Waals surface area contributed by atoms with E-state index in [0.717, 1.165) is 12.3 Å². The minimum absolute atomic E-state index is 0.00623. The number of rotatable bonds is 1. The van der Waals surface area contributed by atoms with Crippen molar-refractivity contribution in [1.82, 2.24) is 4.90 Å². The van der Waals surface area contributed by atoms with Gasteiger partial charge in [0.1, 0.15) is 11.9 Å². The van der Waals surface area contributed by atoms with E-state index in [1.165, 1.54) is 6.08 Å². The number of carbonyl (C=O) groups is 1. The fraction of sp³-hybridized carbons (Fsp3) is 0.500. The van der Waals surface area contributed by atoms with Crippen molar-refractivity contribution >= 4 is 23.6 Å². The molecule has 0 radical (unpaired) electrons. The maximum absolute atomic E-state index is 12.6. The fourth-order valence-corrected chi connectivity index (χ4v) is 2.20. The maximum atomic E-state index is 12.6. The van der Waals surface area contributed by atoms with Gasteiger partial charge in [-0.2, -0.15) is 13.2 Å². The average Bonchev–Trinajstić information content (AvgIpc) is 2.51. The van der Waals surface area contributed by atoms with Gasteiger partial charge in [0.15, 0.2) is 0 Å². The van der Waals surface area contributed by atoms with E-state index in [4.69, 9.17) is 11.6 Å². The highest BCUT2D eigenvalue weighted by Crippen LogP contribution is 2.28. The summed E-state index contributed by atoms with van der Waals surface area (Å²) >= 11 is 5.78. The van der Waals surface area contributed by atoms with E-state index < -0.39 is 17.9 Å². The topological polar surface area (TPSA) is 32.7 Å². The van der Waals surface area contributed by atoms with Gasteiger partial charge in [-0.15, -0.1) is 0 Å². The van der Waals surface area contributed by atoms with Gasteiger partial charge in [0, 0.05) is 37.2 Å². The van der Waals surface area contributed by atoms with E-state index >= 15 is 0 Å². The molecule has 0 aromatic heterocycles. The van der Waals surface area contributed by atoms with Crippen LogP contribution in [0.2, 0.25) is 0 Å². The molecule has 0 aromatic rings. The maximum Gasteiger partial charge on any atom is 0.417 e. The molecule has 0 bridgehead atoms. The molecule has 7 heteroatoms. The smallest absolute Gasteiger partial charge is 0.300 e. The summed E-state index contributed by atoms with van der Waals surface area (Å²) < 4.78 is 37.8. The van der Waals surface area contributed by atoms with Crippen LogP contribution in [0.4, 0.5) is 13.2 Å². The van der Waals surface area contributed by atoms with Crippen LogP contribution >= 0.6 is 11.6 Å². The summed E-state index contributed by atoms with van der Waals surface area (Å²) in [5, 5.41) is 0.00623. The molecule has 1 atom stereocenters. The van der Waals surface area contributed by atoms with Gasteiger partial charge in [0.25, 0.3) is 0 Å².